The smallest absolute Gasteiger partial charge is 0.233 e. The van der Waals surface area contributed by atoms with Crippen molar-refractivity contribution in [3.8, 4) is 0 Å². The molecule has 0 spiro atoms. The molecule has 2 heterocycles. The highest BCUT2D eigenvalue weighted by atomic mass is 32.2. The summed E-state index contributed by atoms with van der Waals surface area (Å²) in [6.07, 6.45) is 3.63. The van der Waals surface area contributed by atoms with Gasteiger partial charge in [-0.1, -0.05) is 6.07 Å². The van der Waals surface area contributed by atoms with Crippen LogP contribution in [0.4, 0.5) is 8.78 Å². The zero-order chi connectivity index (χ0) is 18.5. The number of rotatable bonds is 5. The minimum Gasteiger partial charge on any atom is -0.339 e. The minimum atomic E-state index is -0.627. The lowest BCUT2D eigenvalue weighted by Gasteiger charge is -2.38. The zero-order valence-corrected chi connectivity index (χ0v) is 15.4. The van der Waals surface area contributed by atoms with Gasteiger partial charge >= 0.3 is 0 Å². The third kappa shape index (κ3) is 4.59. The van der Waals surface area contributed by atoms with Crippen molar-refractivity contribution in [3.63, 3.8) is 0 Å². The van der Waals surface area contributed by atoms with Crippen LogP contribution in [-0.2, 0) is 4.79 Å². The monoisotopic (exact) mass is 377 g/mol. The Hall–Kier alpha value is -1.99. The summed E-state index contributed by atoms with van der Waals surface area (Å²) in [6.45, 7) is 5.02. The maximum Gasteiger partial charge on any atom is 0.233 e. The highest BCUT2D eigenvalue weighted by Crippen LogP contribution is 2.24. The molecule has 1 aromatic carbocycles. The molecule has 26 heavy (non-hydrogen) atoms. The van der Waals surface area contributed by atoms with E-state index in [0.717, 1.165) is 36.5 Å². The van der Waals surface area contributed by atoms with Crippen molar-refractivity contribution < 1.29 is 13.6 Å². The molecule has 1 fully saturated rings. The normalized spacial score (nSPS) is 16.5. The van der Waals surface area contributed by atoms with Crippen LogP contribution >= 0.6 is 11.8 Å². The highest BCUT2D eigenvalue weighted by molar-refractivity contribution is 8.00. The van der Waals surface area contributed by atoms with Crippen molar-refractivity contribution in [2.45, 2.75) is 17.9 Å². The van der Waals surface area contributed by atoms with Crippen LogP contribution in [0.3, 0.4) is 0 Å². The second-order valence-electron chi connectivity index (χ2n) is 6.24. The second kappa shape index (κ2) is 8.60. The minimum absolute atomic E-state index is 0.0209. The van der Waals surface area contributed by atoms with Crippen LogP contribution in [0.2, 0.25) is 0 Å². The first kappa shape index (κ1) is 18.8. The average Bonchev–Trinajstić information content (AvgIpc) is 2.67. The van der Waals surface area contributed by atoms with Crippen LogP contribution in [0.1, 0.15) is 18.5 Å². The second-order valence-corrected chi connectivity index (χ2v) is 7.26. The van der Waals surface area contributed by atoms with Crippen LogP contribution in [0.5, 0.6) is 0 Å². The van der Waals surface area contributed by atoms with E-state index in [0.29, 0.717) is 18.0 Å². The number of pyridine rings is 1. The Bertz CT molecular complexity index is 752. The predicted octanol–water partition coefficient (Wildman–Crippen LogP) is 3.36. The first-order valence-electron chi connectivity index (χ1n) is 8.54. The summed E-state index contributed by atoms with van der Waals surface area (Å²) in [5, 5.41) is 0. The Morgan fingerprint density at radius 2 is 2.00 bits per heavy atom. The standard InChI is InChI=1S/C19H21F2N3OS/c1-14(15-3-2-6-22-12-15)23-7-9-24(10-8-23)19(25)13-26-18-5-4-16(20)11-17(18)21/h2-6,11-12,14H,7-10,13H2,1H3. The summed E-state index contributed by atoms with van der Waals surface area (Å²) in [4.78, 5) is 21.0. The average molecular weight is 377 g/mol. The SMILES string of the molecule is CC(c1cccnc1)N1CCN(C(=O)CSc2ccc(F)cc2F)CC1. The van der Waals surface area contributed by atoms with Crippen LogP contribution in [-0.4, -0.2) is 52.6 Å². The van der Waals surface area contributed by atoms with Gasteiger partial charge in [-0.05, 0) is 30.7 Å². The molecule has 0 N–H and O–H groups in total. The van der Waals surface area contributed by atoms with Crippen LogP contribution in [0, 0.1) is 11.6 Å². The molecule has 1 unspecified atom stereocenters. The van der Waals surface area contributed by atoms with Gasteiger partial charge < -0.3 is 4.90 Å². The van der Waals surface area contributed by atoms with Gasteiger partial charge in [-0.2, -0.15) is 0 Å². The quantitative estimate of drug-likeness (QED) is 0.749. The Kier molecular flexibility index (Phi) is 6.21. The molecule has 1 aliphatic heterocycles. The number of piperazine rings is 1. The highest BCUT2D eigenvalue weighted by Gasteiger charge is 2.25. The van der Waals surface area contributed by atoms with Gasteiger partial charge in [0.15, 0.2) is 0 Å². The first-order valence-corrected chi connectivity index (χ1v) is 9.53. The molecule has 0 radical (unpaired) electrons. The number of benzene rings is 1. The summed E-state index contributed by atoms with van der Waals surface area (Å²) < 4.78 is 26.6. The maximum absolute atomic E-state index is 13.6. The van der Waals surface area contributed by atoms with Gasteiger partial charge in [0.1, 0.15) is 11.6 Å². The van der Waals surface area contributed by atoms with Gasteiger partial charge in [0, 0.05) is 55.6 Å². The molecular weight excluding hydrogens is 356 g/mol. The van der Waals surface area contributed by atoms with Crippen LogP contribution in [0.25, 0.3) is 0 Å². The molecule has 1 saturated heterocycles. The van der Waals surface area contributed by atoms with Gasteiger partial charge in [0.25, 0.3) is 0 Å². The number of carbonyl (C=O) groups excluding carboxylic acids is 1. The maximum atomic E-state index is 13.6. The predicted molar refractivity (Wildman–Crippen MR) is 97.9 cm³/mol. The molecule has 1 amide bonds. The molecule has 4 nitrogen and oxygen atoms in total. The van der Waals surface area contributed by atoms with Gasteiger partial charge in [0.2, 0.25) is 5.91 Å². The molecule has 0 aliphatic carbocycles. The van der Waals surface area contributed by atoms with Crippen molar-refractivity contribution in [2.24, 2.45) is 0 Å². The fraction of sp³-hybridized carbons (Fsp3) is 0.368. The lowest BCUT2D eigenvalue weighted by atomic mass is 10.1. The van der Waals surface area contributed by atoms with Crippen molar-refractivity contribution >= 4 is 17.7 Å². The molecule has 1 atom stereocenters. The van der Waals surface area contributed by atoms with Crippen molar-refractivity contribution in [1.82, 2.24) is 14.8 Å². The number of thioether (sulfide) groups is 1. The molecule has 2 aromatic rings. The number of halogens is 2. The van der Waals surface area contributed by atoms with Crippen molar-refractivity contribution in [2.75, 3.05) is 31.9 Å². The van der Waals surface area contributed by atoms with Crippen molar-refractivity contribution in [3.05, 3.63) is 59.9 Å². The van der Waals surface area contributed by atoms with Gasteiger partial charge in [-0.15, -0.1) is 11.8 Å². The molecular formula is C19H21F2N3OS. The number of hydrogen-bond acceptors (Lipinski definition) is 4. The first-order chi connectivity index (χ1) is 12.5. The molecule has 1 aromatic heterocycles. The van der Waals surface area contributed by atoms with Gasteiger partial charge in [-0.3, -0.25) is 14.7 Å². The van der Waals surface area contributed by atoms with E-state index < -0.39 is 11.6 Å². The summed E-state index contributed by atoms with van der Waals surface area (Å²) in [5.41, 5.74) is 1.16. The van der Waals surface area contributed by atoms with Crippen LogP contribution in [0.15, 0.2) is 47.6 Å². The molecule has 1 aliphatic rings. The molecule has 3 rings (SSSR count). The Morgan fingerprint density at radius 1 is 1.23 bits per heavy atom. The van der Waals surface area contributed by atoms with Crippen molar-refractivity contribution in [1.29, 1.82) is 0 Å². The lowest BCUT2D eigenvalue weighted by Crippen LogP contribution is -2.49. The van der Waals surface area contributed by atoms with Crippen LogP contribution < -0.4 is 0 Å². The Balaban J connectivity index is 1.49. The third-order valence-electron chi connectivity index (χ3n) is 4.63. The van der Waals surface area contributed by atoms with E-state index in [1.54, 1.807) is 11.1 Å². The van der Waals surface area contributed by atoms with E-state index in [-0.39, 0.29) is 17.7 Å². The third-order valence-corrected chi connectivity index (χ3v) is 5.66. The van der Waals surface area contributed by atoms with E-state index in [4.69, 9.17) is 0 Å². The Morgan fingerprint density at radius 3 is 2.65 bits per heavy atom. The number of nitrogens with zero attached hydrogens (tertiary/aromatic N) is 3. The Labute approximate surface area is 156 Å². The van der Waals surface area contributed by atoms with E-state index >= 15 is 0 Å². The lowest BCUT2D eigenvalue weighted by molar-refractivity contribution is -0.130. The van der Waals surface area contributed by atoms with E-state index in [2.05, 4.69) is 22.9 Å². The molecule has 0 saturated carbocycles. The zero-order valence-electron chi connectivity index (χ0n) is 14.6. The number of hydrogen-bond donors (Lipinski definition) is 0. The van der Waals surface area contributed by atoms with E-state index in [1.165, 1.54) is 12.1 Å². The summed E-state index contributed by atoms with van der Waals surface area (Å²) in [7, 11) is 0. The largest absolute Gasteiger partial charge is 0.339 e. The summed E-state index contributed by atoms with van der Waals surface area (Å²) in [6, 6.07) is 7.65. The summed E-state index contributed by atoms with van der Waals surface area (Å²) >= 11 is 1.11. The van der Waals surface area contributed by atoms with E-state index in [1.807, 2.05) is 12.3 Å². The number of aromatic nitrogens is 1. The number of carbonyl (C=O) groups is 1. The summed E-state index contributed by atoms with van der Waals surface area (Å²) in [5.74, 6) is -1.11. The fourth-order valence-electron chi connectivity index (χ4n) is 3.02. The van der Waals surface area contributed by atoms with E-state index in [9.17, 15) is 13.6 Å². The molecule has 0 bridgehead atoms. The molecule has 138 valence electrons. The molecule has 7 heteroatoms. The van der Waals surface area contributed by atoms with Gasteiger partial charge in [-0.25, -0.2) is 8.78 Å². The topological polar surface area (TPSA) is 36.4 Å². The number of amides is 1. The van der Waals surface area contributed by atoms with Gasteiger partial charge in [0.05, 0.1) is 5.75 Å². The fourth-order valence-corrected chi connectivity index (χ4v) is 3.84.